The lowest BCUT2D eigenvalue weighted by Crippen LogP contribution is -2.50. The highest BCUT2D eigenvalue weighted by Crippen LogP contribution is 2.25. The number of hydrogen-bond donors (Lipinski definition) is 3. The zero-order chi connectivity index (χ0) is 16.6. The molecule has 0 saturated heterocycles. The molecule has 0 aliphatic rings. The molecule has 0 aliphatic heterocycles. The van der Waals surface area contributed by atoms with Crippen molar-refractivity contribution >= 4 is 11.9 Å². The Labute approximate surface area is 123 Å². The summed E-state index contributed by atoms with van der Waals surface area (Å²) in [4.78, 5) is 23.0. The van der Waals surface area contributed by atoms with Crippen molar-refractivity contribution in [3.63, 3.8) is 0 Å². The van der Waals surface area contributed by atoms with Crippen molar-refractivity contribution in [1.29, 1.82) is 0 Å². The van der Waals surface area contributed by atoms with Crippen LogP contribution in [0.1, 0.15) is 13.8 Å². The zero-order valence-corrected chi connectivity index (χ0v) is 12.3. The second-order valence-corrected chi connectivity index (χ2v) is 4.89. The average Bonchev–Trinajstić information content (AvgIpc) is 2.45. The van der Waals surface area contributed by atoms with Gasteiger partial charge in [-0.25, -0.2) is 9.59 Å². The Balaban J connectivity index is 5.16. The first-order valence-electron chi connectivity index (χ1n) is 6.25. The Bertz CT molecular complexity index is 401. The molecule has 0 aromatic carbocycles. The molecule has 0 saturated carbocycles. The van der Waals surface area contributed by atoms with Crippen molar-refractivity contribution in [3.05, 3.63) is 24.3 Å². The molecule has 0 amide bonds. The predicted molar refractivity (Wildman–Crippen MR) is 74.2 cm³/mol. The Morgan fingerprint density at radius 3 is 1.76 bits per heavy atom. The van der Waals surface area contributed by atoms with Crippen molar-refractivity contribution in [3.8, 4) is 0 Å². The monoisotopic (exact) mass is 302 g/mol. The molecule has 7 heteroatoms. The number of rotatable bonds is 9. The third-order valence-electron chi connectivity index (χ3n) is 2.94. The van der Waals surface area contributed by atoms with Crippen molar-refractivity contribution in [2.75, 3.05) is 26.4 Å². The maximum Gasteiger partial charge on any atom is 0.333 e. The summed E-state index contributed by atoms with van der Waals surface area (Å²) < 4.78 is 9.93. The smallest absolute Gasteiger partial charge is 0.333 e. The number of hydrogen-bond acceptors (Lipinski definition) is 7. The highest BCUT2D eigenvalue weighted by Gasteiger charge is 2.41. The van der Waals surface area contributed by atoms with Crippen molar-refractivity contribution < 1.29 is 34.4 Å². The fourth-order valence-electron chi connectivity index (χ4n) is 1.30. The molecule has 0 radical (unpaired) electrons. The summed E-state index contributed by atoms with van der Waals surface area (Å²) in [6.45, 7) is 7.22. The molecule has 120 valence electrons. The van der Waals surface area contributed by atoms with E-state index in [4.69, 9.17) is 9.47 Å². The molecule has 0 heterocycles. The van der Waals surface area contributed by atoms with Crippen molar-refractivity contribution in [1.82, 2.24) is 0 Å². The van der Waals surface area contributed by atoms with E-state index in [-0.39, 0.29) is 11.1 Å². The number of carbonyl (C=O) groups is 2. The van der Waals surface area contributed by atoms with Crippen LogP contribution in [0.5, 0.6) is 0 Å². The number of ether oxygens (including phenoxy) is 2. The molecular weight excluding hydrogens is 280 g/mol. The maximum atomic E-state index is 11.6. The van der Waals surface area contributed by atoms with Crippen LogP contribution in [-0.4, -0.2) is 59.8 Å². The van der Waals surface area contributed by atoms with Gasteiger partial charge in [-0.2, -0.15) is 0 Å². The predicted octanol–water partition coefficient (Wildman–Crippen LogP) is -0.443. The fourth-order valence-corrected chi connectivity index (χ4v) is 1.30. The van der Waals surface area contributed by atoms with E-state index in [9.17, 15) is 24.9 Å². The van der Waals surface area contributed by atoms with Gasteiger partial charge in [0, 0.05) is 11.1 Å². The van der Waals surface area contributed by atoms with Crippen LogP contribution in [0.15, 0.2) is 24.3 Å². The van der Waals surface area contributed by atoms with E-state index < -0.39 is 49.9 Å². The highest BCUT2D eigenvalue weighted by molar-refractivity contribution is 5.87. The van der Waals surface area contributed by atoms with Crippen LogP contribution in [0, 0.1) is 5.41 Å². The average molecular weight is 302 g/mol. The van der Waals surface area contributed by atoms with E-state index >= 15 is 0 Å². The van der Waals surface area contributed by atoms with E-state index in [0.717, 1.165) is 0 Å². The minimum Gasteiger partial charge on any atom is -0.458 e. The third-order valence-corrected chi connectivity index (χ3v) is 2.94. The molecule has 0 aromatic rings. The summed E-state index contributed by atoms with van der Waals surface area (Å²) in [5.41, 5.74) is -1.31. The molecule has 0 rings (SSSR count). The van der Waals surface area contributed by atoms with Gasteiger partial charge in [0.1, 0.15) is 12.7 Å². The fraction of sp³-hybridized carbons (Fsp3) is 0.571. The number of aliphatic hydroxyl groups is 3. The van der Waals surface area contributed by atoms with Crippen LogP contribution in [0.3, 0.4) is 0 Å². The molecule has 0 aliphatic carbocycles. The number of carbonyl (C=O) groups excluding carboxylic acids is 2. The van der Waals surface area contributed by atoms with Gasteiger partial charge in [-0.05, 0) is 13.8 Å². The van der Waals surface area contributed by atoms with Gasteiger partial charge in [0.15, 0.2) is 0 Å². The van der Waals surface area contributed by atoms with E-state index in [2.05, 4.69) is 13.2 Å². The summed E-state index contributed by atoms with van der Waals surface area (Å²) in [7, 11) is 0. The highest BCUT2D eigenvalue weighted by atomic mass is 16.6. The van der Waals surface area contributed by atoms with Gasteiger partial charge in [-0.15, -0.1) is 0 Å². The first kappa shape index (κ1) is 19.3. The molecule has 7 nitrogen and oxygen atoms in total. The van der Waals surface area contributed by atoms with Gasteiger partial charge in [-0.3, -0.25) is 0 Å². The van der Waals surface area contributed by atoms with Crippen LogP contribution in [-0.2, 0) is 19.1 Å². The molecule has 0 aromatic heterocycles. The second-order valence-electron chi connectivity index (χ2n) is 4.89. The molecule has 21 heavy (non-hydrogen) atoms. The van der Waals surface area contributed by atoms with Gasteiger partial charge in [0.25, 0.3) is 0 Å². The van der Waals surface area contributed by atoms with E-state index in [1.807, 2.05) is 0 Å². The Morgan fingerprint density at radius 1 is 1.00 bits per heavy atom. The quantitative estimate of drug-likeness (QED) is 0.391. The Morgan fingerprint density at radius 2 is 1.43 bits per heavy atom. The van der Waals surface area contributed by atoms with Crippen molar-refractivity contribution in [2.45, 2.75) is 20.0 Å². The lowest BCUT2D eigenvalue weighted by molar-refractivity contribution is -0.173. The molecule has 0 bridgehead atoms. The second kappa shape index (κ2) is 8.56. The first-order chi connectivity index (χ1) is 9.73. The van der Waals surface area contributed by atoms with Crippen molar-refractivity contribution in [2.24, 2.45) is 5.41 Å². The van der Waals surface area contributed by atoms with Crippen LogP contribution in [0.2, 0.25) is 0 Å². The lowest BCUT2D eigenvalue weighted by atomic mass is 9.84. The van der Waals surface area contributed by atoms with Gasteiger partial charge in [-0.1, -0.05) is 13.2 Å². The maximum absolute atomic E-state index is 11.6. The lowest BCUT2D eigenvalue weighted by Gasteiger charge is -2.35. The molecule has 3 N–H and O–H groups in total. The SMILES string of the molecule is C=C(C)C(=O)OCC(OC(=O)C(=C)C)C(CO)(CO)CO. The van der Waals surface area contributed by atoms with E-state index in [0.29, 0.717) is 0 Å². The standard InChI is InChI=1S/C14H22O7/c1-9(2)12(18)20-5-11(21-13(19)10(3)4)14(6-15,7-16)8-17/h11,15-17H,1,3,5-8H2,2,4H3. The molecule has 1 atom stereocenters. The van der Waals surface area contributed by atoms with Crippen LogP contribution in [0.25, 0.3) is 0 Å². The van der Waals surface area contributed by atoms with Gasteiger partial charge in [0.05, 0.1) is 25.2 Å². The minimum atomic E-state index is -1.54. The zero-order valence-electron chi connectivity index (χ0n) is 12.3. The summed E-state index contributed by atoms with van der Waals surface area (Å²) >= 11 is 0. The van der Waals surface area contributed by atoms with Gasteiger partial charge >= 0.3 is 11.9 Å². The summed E-state index contributed by atoms with van der Waals surface area (Å²) in [6.07, 6.45) is -1.23. The molecule has 0 fully saturated rings. The van der Waals surface area contributed by atoms with Gasteiger partial charge in [0.2, 0.25) is 0 Å². The minimum absolute atomic E-state index is 0.0916. The Hall–Kier alpha value is -1.70. The normalized spacial score (nSPS) is 12.4. The molecule has 0 spiro atoms. The Kier molecular flexibility index (Phi) is 7.86. The van der Waals surface area contributed by atoms with Crippen LogP contribution < -0.4 is 0 Å². The number of aliphatic hydroxyl groups excluding tert-OH is 3. The largest absolute Gasteiger partial charge is 0.458 e. The third kappa shape index (κ3) is 5.30. The van der Waals surface area contributed by atoms with E-state index in [1.165, 1.54) is 13.8 Å². The van der Waals surface area contributed by atoms with E-state index in [1.54, 1.807) is 0 Å². The molecular formula is C14H22O7. The summed E-state index contributed by atoms with van der Waals surface area (Å²) in [5.74, 6) is -1.50. The first-order valence-corrected chi connectivity index (χ1v) is 6.25. The van der Waals surface area contributed by atoms with Crippen LogP contribution in [0.4, 0.5) is 0 Å². The molecule has 1 unspecified atom stereocenters. The summed E-state index contributed by atoms with van der Waals surface area (Å²) in [6, 6.07) is 0. The van der Waals surface area contributed by atoms with Crippen LogP contribution >= 0.6 is 0 Å². The topological polar surface area (TPSA) is 113 Å². The number of esters is 2. The van der Waals surface area contributed by atoms with Gasteiger partial charge < -0.3 is 24.8 Å². The summed E-state index contributed by atoms with van der Waals surface area (Å²) in [5, 5.41) is 28.1.